The number of nitrogens with zero attached hydrogens (tertiary/aromatic N) is 2. The number of halogens is 1. The van der Waals surface area contributed by atoms with Crippen LogP contribution < -0.4 is 5.73 Å². The Bertz CT molecular complexity index is 748. The average molecular weight is 267 g/mol. The summed E-state index contributed by atoms with van der Waals surface area (Å²) in [4.78, 5) is 0. The van der Waals surface area contributed by atoms with Gasteiger partial charge in [-0.25, -0.2) is 4.39 Å². The molecule has 2 aromatic carbocycles. The highest BCUT2D eigenvalue weighted by atomic mass is 19.1. The predicted molar refractivity (Wildman–Crippen MR) is 78.5 cm³/mol. The first kappa shape index (κ1) is 12.4. The number of aromatic nitrogens is 2. The Morgan fingerprint density at radius 3 is 2.40 bits per heavy atom. The van der Waals surface area contributed by atoms with Crippen molar-refractivity contribution >= 4 is 5.82 Å². The van der Waals surface area contributed by atoms with Crippen molar-refractivity contribution in [1.82, 2.24) is 9.78 Å². The van der Waals surface area contributed by atoms with Crippen molar-refractivity contribution in [1.29, 1.82) is 0 Å². The van der Waals surface area contributed by atoms with Crippen molar-refractivity contribution in [2.24, 2.45) is 7.05 Å². The first-order valence-corrected chi connectivity index (χ1v) is 6.30. The van der Waals surface area contributed by atoms with Gasteiger partial charge in [0.1, 0.15) is 17.3 Å². The molecule has 4 heteroatoms. The maximum Gasteiger partial charge on any atom is 0.129 e. The second-order valence-electron chi connectivity index (χ2n) is 4.61. The molecule has 0 aliphatic rings. The van der Waals surface area contributed by atoms with E-state index in [0.29, 0.717) is 5.82 Å². The van der Waals surface area contributed by atoms with Gasteiger partial charge in [-0.15, -0.1) is 0 Å². The Morgan fingerprint density at radius 2 is 1.70 bits per heavy atom. The lowest BCUT2D eigenvalue weighted by Crippen LogP contribution is -1.98. The van der Waals surface area contributed by atoms with E-state index in [1.807, 2.05) is 36.4 Å². The monoisotopic (exact) mass is 267 g/mol. The van der Waals surface area contributed by atoms with Gasteiger partial charge in [-0.05, 0) is 17.7 Å². The maximum absolute atomic E-state index is 13.5. The van der Waals surface area contributed by atoms with Crippen molar-refractivity contribution < 1.29 is 4.39 Å². The van der Waals surface area contributed by atoms with Crippen molar-refractivity contribution in [2.45, 2.75) is 0 Å². The number of rotatable bonds is 2. The molecule has 20 heavy (non-hydrogen) atoms. The zero-order chi connectivity index (χ0) is 14.1. The predicted octanol–water partition coefficient (Wildman–Crippen LogP) is 3.48. The van der Waals surface area contributed by atoms with E-state index in [1.165, 1.54) is 12.1 Å². The first-order chi connectivity index (χ1) is 9.66. The third-order valence-electron chi connectivity index (χ3n) is 3.25. The van der Waals surface area contributed by atoms with Gasteiger partial charge in [0.25, 0.3) is 0 Å². The fourth-order valence-electron chi connectivity index (χ4n) is 2.26. The van der Waals surface area contributed by atoms with Crippen LogP contribution in [-0.2, 0) is 7.05 Å². The minimum Gasteiger partial charge on any atom is -0.383 e. The summed E-state index contributed by atoms with van der Waals surface area (Å²) >= 11 is 0. The molecule has 0 bridgehead atoms. The fraction of sp³-hybridized carbons (Fsp3) is 0.0625. The zero-order valence-corrected chi connectivity index (χ0v) is 11.0. The molecule has 0 saturated heterocycles. The van der Waals surface area contributed by atoms with E-state index in [-0.39, 0.29) is 5.82 Å². The summed E-state index contributed by atoms with van der Waals surface area (Å²) in [6, 6.07) is 16.1. The molecule has 1 aromatic heterocycles. The van der Waals surface area contributed by atoms with Crippen LogP contribution in [0.1, 0.15) is 0 Å². The molecule has 0 aliphatic carbocycles. The largest absolute Gasteiger partial charge is 0.383 e. The number of nitrogen functional groups attached to an aromatic ring is 1. The van der Waals surface area contributed by atoms with Gasteiger partial charge in [-0.3, -0.25) is 4.68 Å². The molecule has 3 nitrogen and oxygen atoms in total. The van der Waals surface area contributed by atoms with Crippen LogP contribution >= 0.6 is 0 Å². The lowest BCUT2D eigenvalue weighted by atomic mass is 10.0. The van der Waals surface area contributed by atoms with Crippen LogP contribution in [0, 0.1) is 5.82 Å². The molecule has 0 atom stereocenters. The molecular formula is C16H14FN3. The normalized spacial score (nSPS) is 10.7. The summed E-state index contributed by atoms with van der Waals surface area (Å²) in [6.07, 6.45) is 0. The number of aryl methyl sites for hydroxylation is 1. The first-order valence-electron chi connectivity index (χ1n) is 6.30. The number of anilines is 1. The molecule has 0 fully saturated rings. The quantitative estimate of drug-likeness (QED) is 0.772. The molecule has 0 radical (unpaired) electrons. The lowest BCUT2D eigenvalue weighted by Gasteiger charge is -2.04. The second kappa shape index (κ2) is 4.81. The standard InChI is InChI=1S/C16H14FN3/c1-20-16(18)14(12-8-5-9-13(17)10-12)15(19-20)11-6-3-2-4-7-11/h2-10H,18H2,1H3. The Kier molecular flexibility index (Phi) is 2.99. The van der Waals surface area contributed by atoms with Crippen LogP contribution in [0.25, 0.3) is 22.4 Å². The summed E-state index contributed by atoms with van der Waals surface area (Å²) in [6.45, 7) is 0. The molecular weight excluding hydrogens is 253 g/mol. The van der Waals surface area contributed by atoms with E-state index in [2.05, 4.69) is 5.10 Å². The highest BCUT2D eigenvalue weighted by molar-refractivity contribution is 5.88. The van der Waals surface area contributed by atoms with Crippen LogP contribution in [0.2, 0.25) is 0 Å². The van der Waals surface area contributed by atoms with Crippen molar-refractivity contribution in [2.75, 3.05) is 5.73 Å². The Morgan fingerprint density at radius 1 is 1.00 bits per heavy atom. The van der Waals surface area contributed by atoms with E-state index in [0.717, 1.165) is 22.4 Å². The smallest absolute Gasteiger partial charge is 0.129 e. The summed E-state index contributed by atoms with van der Waals surface area (Å²) < 4.78 is 15.1. The average Bonchev–Trinajstić information content (AvgIpc) is 2.76. The lowest BCUT2D eigenvalue weighted by molar-refractivity contribution is 0.628. The number of benzene rings is 2. The molecule has 0 aliphatic heterocycles. The summed E-state index contributed by atoms with van der Waals surface area (Å²) in [5.74, 6) is 0.235. The molecule has 3 aromatic rings. The highest BCUT2D eigenvalue weighted by Crippen LogP contribution is 2.35. The molecule has 0 unspecified atom stereocenters. The number of hydrogen-bond donors (Lipinski definition) is 1. The van der Waals surface area contributed by atoms with E-state index >= 15 is 0 Å². The van der Waals surface area contributed by atoms with Gasteiger partial charge in [-0.2, -0.15) is 5.10 Å². The molecule has 1 heterocycles. The van der Waals surface area contributed by atoms with Gasteiger partial charge < -0.3 is 5.73 Å². The van der Waals surface area contributed by atoms with E-state index in [1.54, 1.807) is 17.8 Å². The number of nitrogens with two attached hydrogens (primary N) is 1. The Hall–Kier alpha value is -2.62. The Balaban J connectivity index is 2.25. The van der Waals surface area contributed by atoms with Gasteiger partial charge in [0.05, 0.1) is 5.56 Å². The van der Waals surface area contributed by atoms with Crippen LogP contribution in [0.5, 0.6) is 0 Å². The van der Waals surface area contributed by atoms with Crippen LogP contribution in [0.3, 0.4) is 0 Å². The minimum atomic E-state index is -0.287. The molecule has 0 amide bonds. The van der Waals surface area contributed by atoms with Gasteiger partial charge in [0.15, 0.2) is 0 Å². The van der Waals surface area contributed by atoms with Gasteiger partial charge in [-0.1, -0.05) is 42.5 Å². The highest BCUT2D eigenvalue weighted by Gasteiger charge is 2.17. The molecule has 3 rings (SSSR count). The Labute approximate surface area is 116 Å². The van der Waals surface area contributed by atoms with E-state index < -0.39 is 0 Å². The summed E-state index contributed by atoms with van der Waals surface area (Å²) in [5, 5.41) is 4.46. The summed E-state index contributed by atoms with van der Waals surface area (Å²) in [7, 11) is 1.78. The van der Waals surface area contributed by atoms with Gasteiger partial charge >= 0.3 is 0 Å². The third-order valence-corrected chi connectivity index (χ3v) is 3.25. The molecule has 0 spiro atoms. The van der Waals surface area contributed by atoms with Crippen molar-refractivity contribution in [3.63, 3.8) is 0 Å². The zero-order valence-electron chi connectivity index (χ0n) is 11.0. The second-order valence-corrected chi connectivity index (χ2v) is 4.61. The summed E-state index contributed by atoms with van der Waals surface area (Å²) in [5.41, 5.74) is 9.31. The van der Waals surface area contributed by atoms with Crippen LogP contribution in [0.4, 0.5) is 10.2 Å². The van der Waals surface area contributed by atoms with Crippen molar-refractivity contribution in [3.05, 3.63) is 60.4 Å². The van der Waals surface area contributed by atoms with E-state index in [9.17, 15) is 4.39 Å². The fourth-order valence-corrected chi connectivity index (χ4v) is 2.26. The van der Waals surface area contributed by atoms with Crippen LogP contribution in [-0.4, -0.2) is 9.78 Å². The maximum atomic E-state index is 13.5. The topological polar surface area (TPSA) is 43.8 Å². The molecule has 0 saturated carbocycles. The molecule has 100 valence electrons. The number of hydrogen-bond acceptors (Lipinski definition) is 2. The van der Waals surface area contributed by atoms with Crippen LogP contribution in [0.15, 0.2) is 54.6 Å². The van der Waals surface area contributed by atoms with Gasteiger partial charge in [0.2, 0.25) is 0 Å². The minimum absolute atomic E-state index is 0.287. The van der Waals surface area contributed by atoms with Crippen molar-refractivity contribution in [3.8, 4) is 22.4 Å². The SMILES string of the molecule is Cn1nc(-c2ccccc2)c(-c2cccc(F)c2)c1N. The van der Waals surface area contributed by atoms with Gasteiger partial charge in [0, 0.05) is 12.6 Å². The molecule has 2 N–H and O–H groups in total. The third kappa shape index (κ3) is 2.05. The van der Waals surface area contributed by atoms with E-state index in [4.69, 9.17) is 5.73 Å².